The smallest absolute Gasteiger partial charge is 0.133 e. The van der Waals surface area contributed by atoms with Crippen LogP contribution in [0.25, 0.3) is 0 Å². The number of halogens is 2. The molecule has 1 aliphatic rings. The highest BCUT2D eigenvalue weighted by Gasteiger charge is 2.16. The molecule has 3 nitrogen and oxygen atoms in total. The normalized spacial score (nSPS) is 20.5. The van der Waals surface area contributed by atoms with Crippen LogP contribution in [0, 0.1) is 0 Å². The molecular formula is C8H11Cl2N3S. The highest BCUT2D eigenvalue weighted by atomic mass is 35.5. The molecule has 6 heteroatoms. The molecule has 1 saturated heterocycles. The Morgan fingerprint density at radius 1 is 1.50 bits per heavy atom. The van der Waals surface area contributed by atoms with Gasteiger partial charge in [-0.2, -0.15) is 0 Å². The zero-order chi connectivity index (χ0) is 9.10. The van der Waals surface area contributed by atoms with Crippen LogP contribution in [-0.4, -0.2) is 28.3 Å². The van der Waals surface area contributed by atoms with Gasteiger partial charge in [0.2, 0.25) is 0 Å². The molecule has 0 aromatic carbocycles. The Kier molecular flexibility index (Phi) is 4.95. The van der Waals surface area contributed by atoms with Gasteiger partial charge in [-0.3, -0.25) is 0 Å². The lowest BCUT2D eigenvalue weighted by molar-refractivity contribution is 0.858. The molecule has 78 valence electrons. The van der Waals surface area contributed by atoms with Crippen LogP contribution in [-0.2, 0) is 0 Å². The maximum absolute atomic E-state index is 5.75. The molecule has 1 atom stereocenters. The highest BCUT2D eigenvalue weighted by Crippen LogP contribution is 2.25. The van der Waals surface area contributed by atoms with Crippen molar-refractivity contribution in [3.8, 4) is 0 Å². The molecule has 1 N–H and O–H groups in total. The van der Waals surface area contributed by atoms with Crippen molar-refractivity contribution in [3.05, 3.63) is 17.5 Å². The monoisotopic (exact) mass is 251 g/mol. The summed E-state index contributed by atoms with van der Waals surface area (Å²) in [6.07, 6.45) is 2.71. The van der Waals surface area contributed by atoms with Gasteiger partial charge in [0.1, 0.15) is 16.5 Å². The molecule has 0 radical (unpaired) electrons. The Morgan fingerprint density at radius 2 is 2.36 bits per heavy atom. The van der Waals surface area contributed by atoms with E-state index in [0.29, 0.717) is 10.4 Å². The third-order valence-corrected chi connectivity index (χ3v) is 3.32. The van der Waals surface area contributed by atoms with Gasteiger partial charge in [-0.25, -0.2) is 9.97 Å². The van der Waals surface area contributed by atoms with E-state index in [1.54, 1.807) is 11.8 Å². The minimum absolute atomic E-state index is 0. The van der Waals surface area contributed by atoms with Crippen molar-refractivity contribution in [2.75, 3.05) is 13.1 Å². The van der Waals surface area contributed by atoms with Crippen LogP contribution in [0.5, 0.6) is 0 Å². The maximum Gasteiger partial charge on any atom is 0.133 e. The molecule has 14 heavy (non-hydrogen) atoms. The molecule has 1 fully saturated rings. The standard InChI is InChI=1S/C8H10ClN3S.ClH/c9-7-3-8(12-5-11-7)13-6-1-2-10-4-6;/h3,5-6,10H,1-2,4H2;1H/t6-;/m1./s1. The van der Waals surface area contributed by atoms with Crippen molar-refractivity contribution >= 4 is 35.8 Å². The zero-order valence-electron chi connectivity index (χ0n) is 7.44. The lowest BCUT2D eigenvalue weighted by Crippen LogP contribution is -2.10. The Balaban J connectivity index is 0.000000980. The van der Waals surface area contributed by atoms with E-state index >= 15 is 0 Å². The third kappa shape index (κ3) is 3.28. The molecule has 2 heterocycles. The van der Waals surface area contributed by atoms with E-state index in [1.165, 1.54) is 12.7 Å². The van der Waals surface area contributed by atoms with Gasteiger partial charge in [0.15, 0.2) is 0 Å². The first-order valence-electron chi connectivity index (χ1n) is 4.19. The van der Waals surface area contributed by atoms with Crippen molar-refractivity contribution in [1.29, 1.82) is 0 Å². The van der Waals surface area contributed by atoms with E-state index in [-0.39, 0.29) is 12.4 Å². The predicted octanol–water partition coefficient (Wildman–Crippen LogP) is 2.01. The van der Waals surface area contributed by atoms with Gasteiger partial charge >= 0.3 is 0 Å². The predicted molar refractivity (Wildman–Crippen MR) is 61.4 cm³/mol. The SMILES string of the molecule is Cl.Clc1cc(S[C@@H]2CCNC2)ncn1. The molecule has 1 aromatic heterocycles. The van der Waals surface area contributed by atoms with Crippen LogP contribution in [0.3, 0.4) is 0 Å². The van der Waals surface area contributed by atoms with Crippen molar-refractivity contribution < 1.29 is 0 Å². The van der Waals surface area contributed by atoms with Gasteiger partial charge in [-0.1, -0.05) is 11.6 Å². The number of thioether (sulfide) groups is 1. The summed E-state index contributed by atoms with van der Waals surface area (Å²) >= 11 is 7.52. The van der Waals surface area contributed by atoms with E-state index in [9.17, 15) is 0 Å². The molecule has 2 rings (SSSR count). The molecule has 0 aliphatic carbocycles. The summed E-state index contributed by atoms with van der Waals surface area (Å²) in [5.41, 5.74) is 0. The fourth-order valence-corrected chi connectivity index (χ4v) is 2.56. The summed E-state index contributed by atoms with van der Waals surface area (Å²) in [5, 5.41) is 5.42. The molecule has 0 amide bonds. The number of nitrogens with zero attached hydrogens (tertiary/aromatic N) is 2. The summed E-state index contributed by atoms with van der Waals surface area (Å²) < 4.78 is 0. The first-order chi connectivity index (χ1) is 6.34. The summed E-state index contributed by atoms with van der Waals surface area (Å²) in [6, 6.07) is 1.81. The largest absolute Gasteiger partial charge is 0.316 e. The maximum atomic E-state index is 5.75. The molecule has 1 aliphatic heterocycles. The Bertz CT molecular complexity index is 292. The van der Waals surface area contributed by atoms with E-state index < -0.39 is 0 Å². The van der Waals surface area contributed by atoms with Gasteiger partial charge in [0.25, 0.3) is 0 Å². The van der Waals surface area contributed by atoms with Crippen molar-refractivity contribution in [2.45, 2.75) is 16.7 Å². The Morgan fingerprint density at radius 3 is 3.00 bits per heavy atom. The fourth-order valence-electron chi connectivity index (χ4n) is 1.28. The number of rotatable bonds is 2. The third-order valence-electron chi connectivity index (χ3n) is 1.91. The number of nitrogens with one attached hydrogen (secondary N) is 1. The van der Waals surface area contributed by atoms with Crippen molar-refractivity contribution in [3.63, 3.8) is 0 Å². The molecule has 0 bridgehead atoms. The van der Waals surface area contributed by atoms with Crippen LogP contribution in [0.15, 0.2) is 17.4 Å². The highest BCUT2D eigenvalue weighted by molar-refractivity contribution is 7.99. The van der Waals surface area contributed by atoms with Crippen molar-refractivity contribution in [2.24, 2.45) is 0 Å². The Hall–Kier alpha value is -0.0300. The second-order valence-electron chi connectivity index (χ2n) is 2.91. The van der Waals surface area contributed by atoms with Gasteiger partial charge in [0, 0.05) is 17.9 Å². The second-order valence-corrected chi connectivity index (χ2v) is 4.62. The van der Waals surface area contributed by atoms with Crippen LogP contribution >= 0.6 is 35.8 Å². The number of hydrogen-bond acceptors (Lipinski definition) is 4. The molecular weight excluding hydrogens is 241 g/mol. The minimum atomic E-state index is 0. The van der Waals surface area contributed by atoms with Crippen LogP contribution in [0.1, 0.15) is 6.42 Å². The van der Waals surface area contributed by atoms with E-state index in [1.807, 2.05) is 6.07 Å². The van der Waals surface area contributed by atoms with Crippen LogP contribution < -0.4 is 5.32 Å². The quantitative estimate of drug-likeness (QED) is 0.817. The number of aromatic nitrogens is 2. The summed E-state index contributed by atoms with van der Waals surface area (Å²) in [4.78, 5) is 7.98. The van der Waals surface area contributed by atoms with Crippen LogP contribution in [0.4, 0.5) is 0 Å². The second kappa shape index (κ2) is 5.75. The molecule has 1 aromatic rings. The first kappa shape index (κ1) is 12.0. The van der Waals surface area contributed by atoms with Crippen LogP contribution in [0.2, 0.25) is 5.15 Å². The Labute approximate surface area is 98.5 Å². The average Bonchev–Trinajstić information content (AvgIpc) is 2.57. The lowest BCUT2D eigenvalue weighted by Gasteiger charge is -2.05. The van der Waals surface area contributed by atoms with E-state index in [2.05, 4.69) is 15.3 Å². The van der Waals surface area contributed by atoms with Crippen molar-refractivity contribution in [1.82, 2.24) is 15.3 Å². The minimum Gasteiger partial charge on any atom is -0.316 e. The fraction of sp³-hybridized carbons (Fsp3) is 0.500. The van der Waals surface area contributed by atoms with Gasteiger partial charge in [-0.05, 0) is 13.0 Å². The number of hydrogen-bond donors (Lipinski definition) is 1. The summed E-state index contributed by atoms with van der Waals surface area (Å²) in [6.45, 7) is 2.17. The molecule has 0 spiro atoms. The van der Waals surface area contributed by atoms with E-state index in [0.717, 1.165) is 18.1 Å². The topological polar surface area (TPSA) is 37.8 Å². The summed E-state index contributed by atoms with van der Waals surface area (Å²) in [7, 11) is 0. The van der Waals surface area contributed by atoms with Gasteiger partial charge in [0.05, 0.1) is 0 Å². The zero-order valence-corrected chi connectivity index (χ0v) is 9.83. The molecule has 0 saturated carbocycles. The summed E-state index contributed by atoms with van der Waals surface area (Å²) in [5.74, 6) is 0. The lowest BCUT2D eigenvalue weighted by atomic mass is 10.4. The average molecular weight is 252 g/mol. The van der Waals surface area contributed by atoms with Gasteiger partial charge in [-0.15, -0.1) is 24.2 Å². The van der Waals surface area contributed by atoms with Gasteiger partial charge < -0.3 is 5.32 Å². The first-order valence-corrected chi connectivity index (χ1v) is 5.45. The van der Waals surface area contributed by atoms with E-state index in [4.69, 9.17) is 11.6 Å². The molecule has 0 unspecified atom stereocenters.